The molecule has 4 heterocycles. The number of nitrogens with zero attached hydrogens (tertiary/aromatic N) is 4. The Kier molecular flexibility index (Phi) is 15.0. The van der Waals surface area contributed by atoms with Crippen LogP contribution >= 0.6 is 0 Å². The van der Waals surface area contributed by atoms with E-state index in [1.54, 1.807) is 0 Å². The SMILES string of the molecule is CC(C)(C)c1ccc2c(c1)c1ccccc1n2-c1ccc2c(c1)N(c1ccc(-c3ccc4c(c3)C(C)(C)CCC4(C)C)cc1)c1cc(-n3c4ccc(-c5ccccc5)cc4c4cc(-c5ccccc5)ccc43)cc3c1B2c1ccc(-c2ccccc2)cc1N3c1ccc(-c2ccc3c(c2)C(C)(C)CCC3(C)C)cc1. The molecule has 0 N–H and O–H groups in total. The molecule has 0 atom stereocenters. The van der Waals surface area contributed by atoms with Gasteiger partial charge in [-0.2, -0.15) is 0 Å². The lowest BCUT2D eigenvalue weighted by Gasteiger charge is -2.44. The van der Waals surface area contributed by atoms with Crippen molar-refractivity contribution in [3.8, 4) is 67.0 Å². The number of para-hydroxylation sites is 1. The van der Waals surface area contributed by atoms with Gasteiger partial charge in [0.1, 0.15) is 0 Å². The average molecular weight is 1410 g/mol. The van der Waals surface area contributed by atoms with E-state index in [1.165, 1.54) is 145 Å². The highest BCUT2D eigenvalue weighted by Gasteiger charge is 2.45. The second kappa shape index (κ2) is 24.4. The van der Waals surface area contributed by atoms with E-state index in [1.807, 2.05) is 0 Å². The van der Waals surface area contributed by atoms with Gasteiger partial charge in [-0.25, -0.2) is 0 Å². The van der Waals surface area contributed by atoms with Crippen LogP contribution in [-0.2, 0) is 27.1 Å². The van der Waals surface area contributed by atoms with Crippen LogP contribution in [0.3, 0.4) is 0 Å². The van der Waals surface area contributed by atoms with Gasteiger partial charge in [0.2, 0.25) is 0 Å². The Bertz CT molecular complexity index is 6280. The fourth-order valence-corrected chi connectivity index (χ4v) is 19.4. The number of hydrogen-bond donors (Lipinski definition) is 0. The molecule has 0 saturated carbocycles. The number of aromatic nitrogens is 2. The maximum Gasteiger partial charge on any atom is 0.252 e. The normalized spacial score (nSPS) is 15.8. The topological polar surface area (TPSA) is 16.3 Å². The number of rotatable bonds is 9. The number of anilines is 6. The second-order valence-electron chi connectivity index (χ2n) is 35.4. The molecule has 109 heavy (non-hydrogen) atoms. The van der Waals surface area contributed by atoms with Gasteiger partial charge in [-0.05, 0) is 250 Å². The third-order valence-electron chi connectivity index (χ3n) is 25.8. The van der Waals surface area contributed by atoms with Gasteiger partial charge in [0.15, 0.2) is 0 Å². The molecule has 2 aromatic heterocycles. The molecular formula is C104H91BN4. The molecule has 0 fully saturated rings. The zero-order valence-electron chi connectivity index (χ0n) is 64.6. The van der Waals surface area contributed by atoms with Crippen LogP contribution in [0.25, 0.3) is 111 Å². The van der Waals surface area contributed by atoms with E-state index in [4.69, 9.17) is 0 Å². The Labute approximate surface area is 642 Å². The Hall–Kier alpha value is -11.7. The summed E-state index contributed by atoms with van der Waals surface area (Å²) in [4.78, 5) is 5.27. The van der Waals surface area contributed by atoms with Gasteiger partial charge >= 0.3 is 0 Å². The highest BCUT2D eigenvalue weighted by molar-refractivity contribution is 7.00. The molecule has 14 aromatic carbocycles. The Morgan fingerprint density at radius 2 is 0.596 bits per heavy atom. The molecule has 4 aliphatic rings. The predicted molar refractivity (Wildman–Crippen MR) is 466 cm³/mol. The van der Waals surface area contributed by atoms with E-state index in [-0.39, 0.29) is 33.8 Å². The summed E-state index contributed by atoms with van der Waals surface area (Å²) in [7, 11) is 0. The van der Waals surface area contributed by atoms with Gasteiger partial charge < -0.3 is 18.9 Å². The average Bonchev–Trinajstić information content (AvgIpc) is 1.41. The third-order valence-corrected chi connectivity index (χ3v) is 25.8. The first kappa shape index (κ1) is 66.8. The molecule has 0 saturated heterocycles. The van der Waals surface area contributed by atoms with Gasteiger partial charge in [0.05, 0.1) is 27.8 Å². The van der Waals surface area contributed by atoms with E-state index >= 15 is 0 Å². The summed E-state index contributed by atoms with van der Waals surface area (Å²) in [6.45, 7) is 26.3. The largest absolute Gasteiger partial charge is 0.311 e. The smallest absolute Gasteiger partial charge is 0.252 e. The first-order valence-corrected chi connectivity index (χ1v) is 39.5. The lowest BCUT2D eigenvalue weighted by molar-refractivity contribution is 0.332. The van der Waals surface area contributed by atoms with E-state index in [9.17, 15) is 0 Å². The maximum atomic E-state index is 2.64. The van der Waals surface area contributed by atoms with Gasteiger partial charge in [-0.3, -0.25) is 0 Å². The molecule has 0 amide bonds. The second-order valence-corrected chi connectivity index (χ2v) is 35.4. The standard InChI is InChI=1S/C104H91BN4/c1-100(2,3)76-40-52-94-84(62-76)81-29-21-22-30-91(81)108(94)79-45-49-90-96(63-79)107(78-43-33-70(34-44-78)74-36-47-86-88(60-74)104(10,11)56-54-102(86,6)7)98-65-80(109-92-50-38-71(66-23-15-12-16-24-66)57-82(92)83-58-72(39-51-93(83)109)67-25-17-13-18-26-67)64-97-99(98)105(90)89-48-37-75(68-27-19-14-20-28-68)61-95(89)106(97)77-41-31-69(32-42-77)73-35-46-85-87(59-73)103(8,9)55-53-101(85,4)5/h12-52,57-65H,53-56H2,1-11H3. The monoisotopic (exact) mass is 1410 g/mol. The van der Waals surface area contributed by atoms with Crippen molar-refractivity contribution in [2.24, 2.45) is 0 Å². The first-order chi connectivity index (χ1) is 52.6. The van der Waals surface area contributed by atoms with Crippen molar-refractivity contribution < 1.29 is 0 Å². The minimum atomic E-state index is -0.173. The van der Waals surface area contributed by atoms with Crippen molar-refractivity contribution in [1.29, 1.82) is 0 Å². The summed E-state index contributed by atoms with van der Waals surface area (Å²) in [5.41, 5.74) is 37.1. The molecule has 2 aliphatic carbocycles. The van der Waals surface area contributed by atoms with Gasteiger partial charge in [0, 0.05) is 61.4 Å². The van der Waals surface area contributed by atoms with Crippen molar-refractivity contribution >= 4 is 101 Å². The lowest BCUT2D eigenvalue weighted by Crippen LogP contribution is -2.61. The number of fused-ring (bicyclic) bond motifs is 12. The zero-order chi connectivity index (χ0) is 74.2. The van der Waals surface area contributed by atoms with Crippen LogP contribution in [0.4, 0.5) is 34.1 Å². The molecule has 0 radical (unpaired) electrons. The Balaban J connectivity index is 0.874. The maximum absolute atomic E-state index is 2.64. The molecule has 16 aromatic rings. The fourth-order valence-electron chi connectivity index (χ4n) is 19.4. The summed E-state index contributed by atoms with van der Waals surface area (Å²) in [6.07, 6.45) is 4.69. The van der Waals surface area contributed by atoms with Gasteiger partial charge in [-0.1, -0.05) is 282 Å². The van der Waals surface area contributed by atoms with E-state index in [0.29, 0.717) is 0 Å². The molecule has 0 bridgehead atoms. The Morgan fingerprint density at radius 3 is 1.08 bits per heavy atom. The Morgan fingerprint density at radius 1 is 0.257 bits per heavy atom. The molecular weight excluding hydrogens is 1320 g/mol. The highest BCUT2D eigenvalue weighted by Crippen LogP contribution is 2.53. The van der Waals surface area contributed by atoms with Crippen LogP contribution in [0.15, 0.2) is 303 Å². The molecule has 4 nitrogen and oxygen atoms in total. The van der Waals surface area contributed by atoms with Crippen molar-refractivity contribution in [2.45, 2.75) is 129 Å². The zero-order valence-corrected chi connectivity index (χ0v) is 64.6. The van der Waals surface area contributed by atoms with Crippen LogP contribution in [0.5, 0.6) is 0 Å². The summed E-state index contributed by atoms with van der Waals surface area (Å²) >= 11 is 0. The summed E-state index contributed by atoms with van der Waals surface area (Å²) in [6, 6.07) is 117. The molecule has 530 valence electrons. The molecule has 5 heteroatoms. The number of benzene rings is 14. The highest BCUT2D eigenvalue weighted by atomic mass is 15.2. The molecule has 0 spiro atoms. The van der Waals surface area contributed by atoms with E-state index in [2.05, 4.69) is 398 Å². The third kappa shape index (κ3) is 10.8. The molecule has 20 rings (SSSR count). The van der Waals surface area contributed by atoms with Crippen LogP contribution in [0.2, 0.25) is 0 Å². The number of hydrogen-bond acceptors (Lipinski definition) is 2. The van der Waals surface area contributed by atoms with Crippen LogP contribution in [0.1, 0.15) is 130 Å². The van der Waals surface area contributed by atoms with Gasteiger partial charge in [0.25, 0.3) is 6.71 Å². The van der Waals surface area contributed by atoms with Crippen molar-refractivity contribution in [1.82, 2.24) is 9.13 Å². The summed E-state index contributed by atoms with van der Waals surface area (Å²) in [5.74, 6) is 0. The molecule has 2 aliphatic heterocycles. The van der Waals surface area contributed by atoms with Crippen LogP contribution < -0.4 is 26.2 Å². The van der Waals surface area contributed by atoms with E-state index in [0.717, 1.165) is 69.4 Å². The minimum Gasteiger partial charge on any atom is -0.311 e. The van der Waals surface area contributed by atoms with Crippen molar-refractivity contribution in [3.63, 3.8) is 0 Å². The van der Waals surface area contributed by atoms with Crippen LogP contribution in [-0.4, -0.2) is 15.8 Å². The fraction of sp³-hybridized carbons (Fsp3) is 0.192. The van der Waals surface area contributed by atoms with Crippen molar-refractivity contribution in [3.05, 3.63) is 331 Å². The van der Waals surface area contributed by atoms with Crippen LogP contribution in [0, 0.1) is 0 Å². The summed E-state index contributed by atoms with van der Waals surface area (Å²) < 4.78 is 5.10. The quantitative estimate of drug-likeness (QED) is 0.134. The summed E-state index contributed by atoms with van der Waals surface area (Å²) in [5, 5.41) is 4.92. The lowest BCUT2D eigenvalue weighted by atomic mass is 9.33. The first-order valence-electron chi connectivity index (χ1n) is 39.5. The molecule has 0 unspecified atom stereocenters. The van der Waals surface area contributed by atoms with Gasteiger partial charge in [-0.15, -0.1) is 0 Å². The van der Waals surface area contributed by atoms with E-state index < -0.39 is 0 Å². The minimum absolute atomic E-state index is 0.0262. The van der Waals surface area contributed by atoms with Crippen molar-refractivity contribution in [2.75, 3.05) is 9.80 Å². The predicted octanol–water partition coefficient (Wildman–Crippen LogP) is 26.3.